The molecule has 0 aliphatic heterocycles. The third-order valence-corrected chi connectivity index (χ3v) is 3.17. The summed E-state index contributed by atoms with van der Waals surface area (Å²) in [6, 6.07) is 15.2. The minimum Gasteiger partial charge on any atom is -0.308 e. The Labute approximate surface area is 109 Å². The number of hydrogen-bond acceptors (Lipinski definition) is 3. The molecule has 0 aromatic heterocycles. The molecule has 0 heterocycles. The molecule has 2 rings (SSSR count). The van der Waals surface area contributed by atoms with E-state index in [0.29, 0.717) is 0 Å². The van der Waals surface area contributed by atoms with Gasteiger partial charge >= 0.3 is 0 Å². The van der Waals surface area contributed by atoms with E-state index < -0.39 is 0 Å². The first-order valence-electron chi connectivity index (χ1n) is 6.28. The molecule has 3 heteroatoms. The molecule has 1 unspecified atom stereocenters. The summed E-state index contributed by atoms with van der Waals surface area (Å²) < 4.78 is 0. The fourth-order valence-electron chi connectivity index (χ4n) is 2.35. The van der Waals surface area contributed by atoms with E-state index in [2.05, 4.69) is 66.9 Å². The molecule has 96 valence electrons. The van der Waals surface area contributed by atoms with Gasteiger partial charge in [-0.05, 0) is 36.9 Å². The monoisotopic (exact) mass is 243 g/mol. The van der Waals surface area contributed by atoms with Crippen molar-refractivity contribution in [1.82, 2.24) is 10.3 Å². The molecule has 3 N–H and O–H groups in total. The Balaban J connectivity index is 2.25. The molecule has 0 bridgehead atoms. The molecule has 0 radical (unpaired) electrons. The molecule has 18 heavy (non-hydrogen) atoms. The maximum Gasteiger partial charge on any atom is 0.0378 e. The Hall–Kier alpha value is -1.42. The zero-order valence-electron chi connectivity index (χ0n) is 11.1. The standard InChI is InChI=1S/C15H21N3/c1-18(2)11-14(17-16)10-13-8-5-7-12-6-3-4-9-15(12)13/h3-9,14,17H,10-11,16H2,1-2H3. The average Bonchev–Trinajstić information content (AvgIpc) is 2.38. The Morgan fingerprint density at radius 3 is 2.56 bits per heavy atom. The summed E-state index contributed by atoms with van der Waals surface area (Å²) in [6.07, 6.45) is 0.941. The van der Waals surface area contributed by atoms with Gasteiger partial charge in [-0.3, -0.25) is 11.3 Å². The second-order valence-corrected chi connectivity index (χ2v) is 4.97. The minimum atomic E-state index is 0.269. The highest BCUT2D eigenvalue weighted by Gasteiger charge is 2.10. The zero-order chi connectivity index (χ0) is 13.0. The van der Waals surface area contributed by atoms with Crippen LogP contribution in [0.3, 0.4) is 0 Å². The number of likely N-dealkylation sites (N-methyl/N-ethyl adjacent to an activating group) is 1. The zero-order valence-corrected chi connectivity index (χ0v) is 11.1. The summed E-state index contributed by atoms with van der Waals surface area (Å²) in [5.74, 6) is 5.64. The lowest BCUT2D eigenvalue weighted by molar-refractivity contribution is 0.338. The summed E-state index contributed by atoms with van der Waals surface area (Å²) in [5.41, 5.74) is 4.25. The smallest absolute Gasteiger partial charge is 0.0378 e. The molecule has 0 aliphatic rings. The van der Waals surface area contributed by atoms with Crippen molar-refractivity contribution in [3.05, 3.63) is 48.0 Å². The van der Waals surface area contributed by atoms with Gasteiger partial charge in [0.1, 0.15) is 0 Å². The van der Waals surface area contributed by atoms with E-state index in [4.69, 9.17) is 5.84 Å². The number of rotatable bonds is 5. The van der Waals surface area contributed by atoms with E-state index in [1.807, 2.05) is 0 Å². The van der Waals surface area contributed by atoms with Gasteiger partial charge in [0.15, 0.2) is 0 Å². The SMILES string of the molecule is CN(C)CC(Cc1cccc2ccccc12)NN. The molecule has 0 saturated carbocycles. The first kappa shape index (κ1) is 13.0. The third kappa shape index (κ3) is 3.07. The lowest BCUT2D eigenvalue weighted by atomic mass is 9.99. The molecule has 1 atom stereocenters. The van der Waals surface area contributed by atoms with Crippen LogP contribution in [0, 0.1) is 0 Å². The summed E-state index contributed by atoms with van der Waals surface area (Å²) in [5, 5.41) is 2.61. The molecule has 3 nitrogen and oxygen atoms in total. The van der Waals surface area contributed by atoms with Crippen molar-refractivity contribution >= 4 is 10.8 Å². The van der Waals surface area contributed by atoms with Gasteiger partial charge in [-0.1, -0.05) is 42.5 Å². The summed E-state index contributed by atoms with van der Waals surface area (Å²) >= 11 is 0. The fraction of sp³-hybridized carbons (Fsp3) is 0.333. The largest absolute Gasteiger partial charge is 0.308 e. The summed E-state index contributed by atoms with van der Waals surface area (Å²) in [6.45, 7) is 0.930. The topological polar surface area (TPSA) is 41.3 Å². The van der Waals surface area contributed by atoms with Gasteiger partial charge in [0, 0.05) is 12.6 Å². The summed E-state index contributed by atoms with van der Waals surface area (Å²) in [4.78, 5) is 2.15. The number of nitrogens with zero attached hydrogens (tertiary/aromatic N) is 1. The lowest BCUT2D eigenvalue weighted by Crippen LogP contribution is -2.43. The number of fused-ring (bicyclic) bond motifs is 1. The van der Waals surface area contributed by atoms with Crippen molar-refractivity contribution in [2.75, 3.05) is 20.6 Å². The predicted octanol–water partition coefficient (Wildman–Crippen LogP) is 1.78. The molecular weight excluding hydrogens is 222 g/mol. The minimum absolute atomic E-state index is 0.269. The van der Waals surface area contributed by atoms with Crippen molar-refractivity contribution in [2.45, 2.75) is 12.5 Å². The Morgan fingerprint density at radius 1 is 1.11 bits per heavy atom. The van der Waals surface area contributed by atoms with Crippen LogP contribution in [0.25, 0.3) is 10.8 Å². The Bertz CT molecular complexity index is 503. The van der Waals surface area contributed by atoms with Crippen LogP contribution < -0.4 is 11.3 Å². The van der Waals surface area contributed by atoms with E-state index in [1.54, 1.807) is 0 Å². The van der Waals surface area contributed by atoms with Gasteiger partial charge in [-0.15, -0.1) is 0 Å². The van der Waals surface area contributed by atoms with E-state index in [0.717, 1.165) is 13.0 Å². The van der Waals surface area contributed by atoms with Crippen LogP contribution in [0.15, 0.2) is 42.5 Å². The van der Waals surface area contributed by atoms with Gasteiger partial charge in [0.2, 0.25) is 0 Å². The Kier molecular flexibility index (Phi) is 4.31. The number of nitrogens with two attached hydrogens (primary N) is 1. The molecule has 2 aromatic carbocycles. The first-order valence-corrected chi connectivity index (χ1v) is 6.28. The fourth-order valence-corrected chi connectivity index (χ4v) is 2.35. The number of hydrazine groups is 1. The molecule has 0 saturated heterocycles. The van der Waals surface area contributed by atoms with Crippen molar-refractivity contribution in [2.24, 2.45) is 5.84 Å². The van der Waals surface area contributed by atoms with Crippen LogP contribution >= 0.6 is 0 Å². The highest BCUT2D eigenvalue weighted by molar-refractivity contribution is 5.85. The van der Waals surface area contributed by atoms with Crippen LogP contribution in [-0.2, 0) is 6.42 Å². The van der Waals surface area contributed by atoms with Crippen LogP contribution in [0.2, 0.25) is 0 Å². The summed E-state index contributed by atoms with van der Waals surface area (Å²) in [7, 11) is 4.13. The molecule has 0 amide bonds. The number of hydrogen-bond donors (Lipinski definition) is 2. The van der Waals surface area contributed by atoms with Crippen molar-refractivity contribution < 1.29 is 0 Å². The van der Waals surface area contributed by atoms with Crippen LogP contribution in [0.5, 0.6) is 0 Å². The number of benzene rings is 2. The lowest BCUT2D eigenvalue weighted by Gasteiger charge is -2.21. The van der Waals surface area contributed by atoms with Gasteiger partial charge in [0.25, 0.3) is 0 Å². The normalized spacial score (nSPS) is 13.1. The first-order chi connectivity index (χ1) is 8.70. The van der Waals surface area contributed by atoms with E-state index >= 15 is 0 Å². The van der Waals surface area contributed by atoms with Crippen LogP contribution in [0.1, 0.15) is 5.56 Å². The third-order valence-electron chi connectivity index (χ3n) is 3.17. The second kappa shape index (κ2) is 5.96. The molecular formula is C15H21N3. The highest BCUT2D eigenvalue weighted by atomic mass is 15.3. The number of nitrogens with one attached hydrogen (secondary N) is 1. The van der Waals surface area contributed by atoms with Crippen molar-refractivity contribution in [3.8, 4) is 0 Å². The highest BCUT2D eigenvalue weighted by Crippen LogP contribution is 2.19. The van der Waals surface area contributed by atoms with Crippen LogP contribution in [0.4, 0.5) is 0 Å². The second-order valence-electron chi connectivity index (χ2n) is 4.97. The Morgan fingerprint density at radius 2 is 1.83 bits per heavy atom. The average molecular weight is 243 g/mol. The quantitative estimate of drug-likeness (QED) is 0.621. The van der Waals surface area contributed by atoms with Gasteiger partial charge < -0.3 is 4.90 Å². The van der Waals surface area contributed by atoms with Crippen molar-refractivity contribution in [3.63, 3.8) is 0 Å². The van der Waals surface area contributed by atoms with Crippen LogP contribution in [-0.4, -0.2) is 31.6 Å². The maximum absolute atomic E-state index is 5.64. The maximum atomic E-state index is 5.64. The molecule has 2 aromatic rings. The molecule has 0 spiro atoms. The van der Waals surface area contributed by atoms with E-state index in [-0.39, 0.29) is 6.04 Å². The van der Waals surface area contributed by atoms with Gasteiger partial charge in [0.05, 0.1) is 0 Å². The van der Waals surface area contributed by atoms with Gasteiger partial charge in [-0.2, -0.15) is 0 Å². The van der Waals surface area contributed by atoms with E-state index in [9.17, 15) is 0 Å². The molecule has 0 aliphatic carbocycles. The van der Waals surface area contributed by atoms with Crippen molar-refractivity contribution in [1.29, 1.82) is 0 Å². The van der Waals surface area contributed by atoms with E-state index in [1.165, 1.54) is 16.3 Å². The van der Waals surface area contributed by atoms with Gasteiger partial charge in [-0.25, -0.2) is 0 Å². The molecule has 0 fully saturated rings. The predicted molar refractivity (Wildman–Crippen MR) is 77.3 cm³/mol.